The van der Waals surface area contributed by atoms with Crippen molar-refractivity contribution in [1.29, 1.82) is 0 Å². The van der Waals surface area contributed by atoms with Crippen molar-refractivity contribution >= 4 is 74.4 Å². The standard InChI is InChI=1S/C33H24F2N8O9S/c1-15(44)52-24(25-32(50)40(12-13-51-25)21-10-11-42(38-21)16-6-9-22(45)41(14-16)33(34)35)29(47)37-20-8-7-19-26(23(20)27(36)46)53-39-28(19)43-30(48)17-4-2-3-5-18(17)31(43)49/h2-11,14,24-25,33H,12-13H2,1H3,(H2,36,46)(H,37,47). The molecule has 7 rings (SSSR count). The molecular weight excluding hydrogens is 722 g/mol. The van der Waals surface area contributed by atoms with Crippen LogP contribution >= 0.6 is 11.5 Å². The second-order valence-electron chi connectivity index (χ2n) is 11.6. The number of nitrogens with two attached hydrogens (primary N) is 1. The van der Waals surface area contributed by atoms with Gasteiger partial charge in [-0.05, 0) is 41.9 Å². The number of halogens is 2. The largest absolute Gasteiger partial charge is 0.449 e. The average molecular weight is 747 g/mol. The lowest BCUT2D eigenvalue weighted by atomic mass is 10.1. The maximum atomic E-state index is 13.8. The summed E-state index contributed by atoms with van der Waals surface area (Å²) in [5, 5.41) is 6.94. The van der Waals surface area contributed by atoms with Crippen molar-refractivity contribution in [2.75, 3.05) is 28.3 Å². The Kier molecular flexibility index (Phi) is 8.83. The molecule has 3 aromatic heterocycles. The Hall–Kier alpha value is -6.67. The Bertz CT molecular complexity index is 2410. The number of rotatable bonds is 9. The van der Waals surface area contributed by atoms with E-state index in [2.05, 4.69) is 14.8 Å². The monoisotopic (exact) mass is 746 g/mol. The van der Waals surface area contributed by atoms with Gasteiger partial charge < -0.3 is 20.5 Å². The molecule has 1 fully saturated rings. The number of imide groups is 1. The Morgan fingerprint density at radius 2 is 1.74 bits per heavy atom. The number of anilines is 3. The number of alkyl halides is 2. The molecule has 2 aliphatic rings. The first-order valence-corrected chi connectivity index (χ1v) is 16.3. The number of benzene rings is 2. The Morgan fingerprint density at radius 1 is 1.02 bits per heavy atom. The summed E-state index contributed by atoms with van der Waals surface area (Å²) in [7, 11) is 0. The van der Waals surface area contributed by atoms with Gasteiger partial charge in [0.2, 0.25) is 6.10 Å². The number of ether oxygens (including phenoxy) is 2. The molecule has 5 aromatic rings. The number of pyridine rings is 1. The quantitative estimate of drug-likeness (QED) is 0.165. The highest BCUT2D eigenvalue weighted by atomic mass is 32.1. The Labute approximate surface area is 299 Å². The van der Waals surface area contributed by atoms with Gasteiger partial charge in [-0.25, -0.2) is 9.58 Å². The number of aromatic nitrogens is 4. The van der Waals surface area contributed by atoms with Gasteiger partial charge in [0.25, 0.3) is 35.1 Å². The molecule has 270 valence electrons. The molecule has 5 heterocycles. The molecule has 53 heavy (non-hydrogen) atoms. The van der Waals surface area contributed by atoms with Gasteiger partial charge in [0.15, 0.2) is 17.7 Å². The van der Waals surface area contributed by atoms with Crippen LogP contribution in [0.1, 0.15) is 44.5 Å². The first kappa shape index (κ1) is 34.8. The second-order valence-corrected chi connectivity index (χ2v) is 12.3. The van der Waals surface area contributed by atoms with E-state index in [-0.39, 0.29) is 67.5 Å². The maximum absolute atomic E-state index is 13.8. The highest BCUT2D eigenvalue weighted by molar-refractivity contribution is 7.14. The summed E-state index contributed by atoms with van der Waals surface area (Å²) >= 11 is 0.746. The van der Waals surface area contributed by atoms with Crippen LogP contribution in [-0.4, -0.2) is 79.6 Å². The predicted molar refractivity (Wildman–Crippen MR) is 181 cm³/mol. The minimum atomic E-state index is -3.10. The van der Waals surface area contributed by atoms with Crippen molar-refractivity contribution in [2.45, 2.75) is 25.7 Å². The fraction of sp³-hybridized carbons (Fsp3) is 0.182. The zero-order valence-corrected chi connectivity index (χ0v) is 27.9. The van der Waals surface area contributed by atoms with Crippen LogP contribution in [0.25, 0.3) is 15.8 Å². The zero-order valence-electron chi connectivity index (χ0n) is 27.1. The second kappa shape index (κ2) is 13.5. The normalized spacial score (nSPS) is 16.3. The molecule has 0 aliphatic carbocycles. The molecule has 2 aromatic carbocycles. The molecule has 2 atom stereocenters. The van der Waals surface area contributed by atoms with Crippen molar-refractivity contribution in [2.24, 2.45) is 5.73 Å². The summed E-state index contributed by atoms with van der Waals surface area (Å²) in [6.07, 6.45) is -1.35. The molecule has 0 saturated carbocycles. The molecule has 1 saturated heterocycles. The first-order valence-electron chi connectivity index (χ1n) is 15.5. The number of fused-ring (bicyclic) bond motifs is 2. The Balaban J connectivity index is 1.16. The number of carbonyl (C=O) groups excluding carboxylic acids is 6. The maximum Gasteiger partial charge on any atom is 0.321 e. The number of esters is 1. The third kappa shape index (κ3) is 6.08. The van der Waals surface area contributed by atoms with Gasteiger partial charge in [-0.3, -0.25) is 43.0 Å². The van der Waals surface area contributed by atoms with E-state index in [1.807, 2.05) is 0 Å². The van der Waals surface area contributed by atoms with E-state index < -0.39 is 59.8 Å². The van der Waals surface area contributed by atoms with Crippen LogP contribution in [0, 0.1) is 0 Å². The van der Waals surface area contributed by atoms with Crippen LogP contribution < -0.4 is 26.4 Å². The molecule has 20 heteroatoms. The lowest BCUT2D eigenvalue weighted by Crippen LogP contribution is -2.56. The minimum Gasteiger partial charge on any atom is -0.449 e. The summed E-state index contributed by atoms with van der Waals surface area (Å²) in [5.74, 6) is -5.13. The SMILES string of the molecule is CC(=O)OC(C(=O)Nc1ccc2c(N3C(=O)c4ccccc4C3=O)nsc2c1C(N)=O)C1OCCN(c2ccn(-c3ccc(=O)n(C(F)F)c3)n2)C1=O. The summed E-state index contributed by atoms with van der Waals surface area (Å²) in [5.41, 5.74) is 4.85. The van der Waals surface area contributed by atoms with E-state index in [9.17, 15) is 42.3 Å². The zero-order chi connectivity index (χ0) is 37.7. The van der Waals surface area contributed by atoms with Gasteiger partial charge in [0.05, 0.1) is 45.9 Å². The lowest BCUT2D eigenvalue weighted by molar-refractivity contribution is -0.167. The average Bonchev–Trinajstić information content (AvgIpc) is 3.84. The van der Waals surface area contributed by atoms with E-state index in [1.165, 1.54) is 42.6 Å². The van der Waals surface area contributed by atoms with Crippen LogP contribution in [-0.2, 0) is 23.9 Å². The van der Waals surface area contributed by atoms with Gasteiger partial charge >= 0.3 is 12.5 Å². The molecule has 5 amide bonds. The van der Waals surface area contributed by atoms with Crippen molar-refractivity contribution < 1.29 is 47.0 Å². The van der Waals surface area contributed by atoms with Crippen LogP contribution in [0.4, 0.5) is 26.1 Å². The third-order valence-corrected chi connectivity index (χ3v) is 9.20. The van der Waals surface area contributed by atoms with E-state index in [0.29, 0.717) is 0 Å². The van der Waals surface area contributed by atoms with Crippen molar-refractivity contribution in [3.05, 3.63) is 94.0 Å². The molecule has 3 N–H and O–H groups in total. The molecule has 2 unspecified atom stereocenters. The van der Waals surface area contributed by atoms with Crippen molar-refractivity contribution in [3.63, 3.8) is 0 Å². The number of nitrogens with one attached hydrogen (secondary N) is 1. The van der Waals surface area contributed by atoms with Crippen LogP contribution in [0.5, 0.6) is 0 Å². The first-order chi connectivity index (χ1) is 25.3. The molecular formula is C33H24F2N8O9S. The van der Waals surface area contributed by atoms with Gasteiger partial charge in [-0.1, -0.05) is 12.1 Å². The van der Waals surface area contributed by atoms with Crippen LogP contribution in [0.3, 0.4) is 0 Å². The van der Waals surface area contributed by atoms with Crippen molar-refractivity contribution in [3.8, 4) is 5.69 Å². The Morgan fingerprint density at radius 3 is 2.40 bits per heavy atom. The highest BCUT2D eigenvalue weighted by Crippen LogP contribution is 2.39. The van der Waals surface area contributed by atoms with Crippen LogP contribution in [0.2, 0.25) is 0 Å². The third-order valence-electron chi connectivity index (χ3n) is 8.33. The molecule has 0 radical (unpaired) electrons. The lowest BCUT2D eigenvalue weighted by Gasteiger charge is -2.34. The topological polar surface area (TPSA) is 218 Å². The van der Waals surface area contributed by atoms with Crippen LogP contribution in [0.15, 0.2) is 71.8 Å². The predicted octanol–water partition coefficient (Wildman–Crippen LogP) is 2.24. The summed E-state index contributed by atoms with van der Waals surface area (Å²) in [6.45, 7) is -2.30. The summed E-state index contributed by atoms with van der Waals surface area (Å²) in [6, 6.07) is 12.5. The molecule has 0 bridgehead atoms. The van der Waals surface area contributed by atoms with E-state index in [0.717, 1.165) is 45.2 Å². The molecule has 17 nitrogen and oxygen atoms in total. The van der Waals surface area contributed by atoms with Crippen molar-refractivity contribution in [1.82, 2.24) is 18.7 Å². The van der Waals surface area contributed by atoms with E-state index >= 15 is 0 Å². The fourth-order valence-electron chi connectivity index (χ4n) is 5.95. The number of carbonyl (C=O) groups is 6. The summed E-state index contributed by atoms with van der Waals surface area (Å²) < 4.78 is 43.2. The van der Waals surface area contributed by atoms with E-state index in [4.69, 9.17) is 15.2 Å². The number of primary amides is 1. The smallest absolute Gasteiger partial charge is 0.321 e. The van der Waals surface area contributed by atoms with Gasteiger partial charge in [0.1, 0.15) is 0 Å². The van der Waals surface area contributed by atoms with Gasteiger partial charge in [-0.15, -0.1) is 5.10 Å². The number of morpholine rings is 1. The number of amides is 5. The van der Waals surface area contributed by atoms with Gasteiger partial charge in [0, 0.05) is 36.8 Å². The molecule has 2 aliphatic heterocycles. The summed E-state index contributed by atoms with van der Waals surface area (Å²) in [4.78, 5) is 92.6. The van der Waals surface area contributed by atoms with Gasteiger partial charge in [-0.2, -0.15) is 13.2 Å². The number of nitrogens with zero attached hydrogens (tertiary/aromatic N) is 6. The number of hydrogen-bond acceptors (Lipinski definition) is 12. The fourth-order valence-corrected chi connectivity index (χ4v) is 6.87. The molecule has 0 spiro atoms. The van der Waals surface area contributed by atoms with E-state index in [1.54, 1.807) is 12.1 Å². The number of hydrogen-bond donors (Lipinski definition) is 2. The highest BCUT2D eigenvalue weighted by Gasteiger charge is 2.44. The minimum absolute atomic E-state index is 0.0283.